The van der Waals surface area contributed by atoms with Gasteiger partial charge in [0, 0.05) is 21.9 Å². The summed E-state index contributed by atoms with van der Waals surface area (Å²) in [6, 6.07) is 31.7. The average molecular weight is 349 g/mol. The van der Waals surface area contributed by atoms with Gasteiger partial charge in [-0.1, -0.05) is 66.7 Å². The molecule has 0 aliphatic rings. The summed E-state index contributed by atoms with van der Waals surface area (Å²) in [6.45, 7) is 0. The number of H-pyrrole nitrogens is 1. The number of aromatic nitrogens is 1. The van der Waals surface area contributed by atoms with E-state index in [1.165, 1.54) is 38.5 Å². The molecule has 5 aromatic rings. The molecule has 0 unspecified atom stereocenters. The fraction of sp³-hybridized carbons (Fsp3) is 0.0400. The predicted molar refractivity (Wildman–Crippen MR) is 113 cm³/mol. The lowest BCUT2D eigenvalue weighted by atomic mass is 9.93. The monoisotopic (exact) mass is 349 g/mol. The molecule has 4 aromatic carbocycles. The molecule has 0 spiro atoms. The number of fused-ring (bicyclic) bond motifs is 3. The number of rotatable bonds is 3. The summed E-state index contributed by atoms with van der Waals surface area (Å²) in [5.41, 5.74) is 7.07. The Morgan fingerprint density at radius 1 is 0.630 bits per heavy atom. The Kier molecular flexibility index (Phi) is 3.68. The minimum absolute atomic E-state index is 0.862. The summed E-state index contributed by atoms with van der Waals surface area (Å²) in [4.78, 5) is 3.62. The second-order valence-electron chi connectivity index (χ2n) is 6.68. The van der Waals surface area contributed by atoms with E-state index in [4.69, 9.17) is 4.74 Å². The lowest BCUT2D eigenvalue weighted by Crippen LogP contribution is -1.89. The molecule has 5 rings (SSSR count). The molecule has 0 atom stereocenters. The quantitative estimate of drug-likeness (QED) is 0.387. The van der Waals surface area contributed by atoms with E-state index in [0.29, 0.717) is 0 Å². The predicted octanol–water partition coefficient (Wildman–Crippen LogP) is 6.66. The largest absolute Gasteiger partial charge is 0.497 e. The van der Waals surface area contributed by atoms with Crippen molar-refractivity contribution in [3.8, 4) is 28.0 Å². The summed E-state index contributed by atoms with van der Waals surface area (Å²) in [7, 11) is 1.71. The van der Waals surface area contributed by atoms with Crippen LogP contribution in [0.15, 0.2) is 91.0 Å². The minimum atomic E-state index is 0.862. The van der Waals surface area contributed by atoms with Crippen molar-refractivity contribution in [1.29, 1.82) is 0 Å². The number of benzene rings is 4. The Morgan fingerprint density at radius 3 is 2.26 bits per heavy atom. The van der Waals surface area contributed by atoms with E-state index in [9.17, 15) is 0 Å². The van der Waals surface area contributed by atoms with Crippen LogP contribution in [0.25, 0.3) is 44.1 Å². The highest BCUT2D eigenvalue weighted by molar-refractivity contribution is 6.12. The number of nitrogens with one attached hydrogen (secondary N) is 1. The molecule has 1 aromatic heterocycles. The number of ether oxygens (including phenoxy) is 1. The van der Waals surface area contributed by atoms with Gasteiger partial charge in [0.15, 0.2) is 0 Å². The third-order valence-corrected chi connectivity index (χ3v) is 5.14. The molecular weight excluding hydrogens is 330 g/mol. The Bertz CT molecular complexity index is 1250. The van der Waals surface area contributed by atoms with Crippen LogP contribution in [0.5, 0.6) is 5.75 Å². The minimum Gasteiger partial charge on any atom is -0.497 e. The molecule has 1 heterocycles. The van der Waals surface area contributed by atoms with E-state index in [-0.39, 0.29) is 0 Å². The van der Waals surface area contributed by atoms with Crippen molar-refractivity contribution in [1.82, 2.24) is 4.98 Å². The normalized spacial score (nSPS) is 11.1. The smallest absolute Gasteiger partial charge is 0.119 e. The van der Waals surface area contributed by atoms with Gasteiger partial charge in [0.25, 0.3) is 0 Å². The molecule has 0 bridgehead atoms. The van der Waals surface area contributed by atoms with Crippen LogP contribution in [-0.4, -0.2) is 12.1 Å². The Balaban J connectivity index is 1.83. The first-order valence-corrected chi connectivity index (χ1v) is 9.08. The standard InChI is InChI=1S/C25H19NO/c1-27-18-14-15-19(23(16-18)17-8-3-2-4-9-17)21-11-7-12-22-20-10-5-6-13-24(20)26-25(21)22/h2-16,26H,1H3. The average Bonchev–Trinajstić information content (AvgIpc) is 3.13. The van der Waals surface area contributed by atoms with Gasteiger partial charge in [-0.25, -0.2) is 0 Å². The first kappa shape index (κ1) is 15.7. The second kappa shape index (κ2) is 6.33. The van der Waals surface area contributed by atoms with Gasteiger partial charge in [-0.15, -0.1) is 0 Å². The lowest BCUT2D eigenvalue weighted by molar-refractivity contribution is 0.415. The van der Waals surface area contributed by atoms with Gasteiger partial charge in [-0.05, 0) is 41.0 Å². The van der Waals surface area contributed by atoms with E-state index in [1.54, 1.807) is 7.11 Å². The van der Waals surface area contributed by atoms with Crippen molar-refractivity contribution in [2.75, 3.05) is 7.11 Å². The summed E-state index contributed by atoms with van der Waals surface area (Å²) < 4.78 is 5.49. The highest BCUT2D eigenvalue weighted by Crippen LogP contribution is 2.39. The van der Waals surface area contributed by atoms with E-state index in [2.05, 4.69) is 83.8 Å². The summed E-state index contributed by atoms with van der Waals surface area (Å²) in [5.74, 6) is 0.862. The molecule has 2 heteroatoms. The van der Waals surface area contributed by atoms with Crippen molar-refractivity contribution < 1.29 is 4.74 Å². The summed E-state index contributed by atoms with van der Waals surface area (Å²) in [5, 5.41) is 2.50. The first-order valence-electron chi connectivity index (χ1n) is 9.08. The van der Waals surface area contributed by atoms with Crippen LogP contribution >= 0.6 is 0 Å². The molecule has 0 fully saturated rings. The molecule has 0 saturated heterocycles. The van der Waals surface area contributed by atoms with Crippen LogP contribution in [0.2, 0.25) is 0 Å². The van der Waals surface area contributed by atoms with Crippen LogP contribution in [-0.2, 0) is 0 Å². The lowest BCUT2D eigenvalue weighted by Gasteiger charge is -2.13. The second-order valence-corrected chi connectivity index (χ2v) is 6.68. The molecule has 0 aliphatic heterocycles. The highest BCUT2D eigenvalue weighted by Gasteiger charge is 2.14. The summed E-state index contributed by atoms with van der Waals surface area (Å²) >= 11 is 0. The Morgan fingerprint density at radius 2 is 1.41 bits per heavy atom. The Labute approximate surface area is 158 Å². The maximum atomic E-state index is 5.49. The Hall–Kier alpha value is -3.52. The highest BCUT2D eigenvalue weighted by atomic mass is 16.5. The van der Waals surface area contributed by atoms with Gasteiger partial charge in [0.2, 0.25) is 0 Å². The van der Waals surface area contributed by atoms with Crippen molar-refractivity contribution in [3.05, 3.63) is 91.0 Å². The number of hydrogen-bond acceptors (Lipinski definition) is 1. The molecule has 0 aliphatic carbocycles. The summed E-state index contributed by atoms with van der Waals surface area (Å²) in [6.07, 6.45) is 0. The fourth-order valence-electron chi connectivity index (χ4n) is 3.84. The van der Waals surface area contributed by atoms with Crippen LogP contribution < -0.4 is 4.74 Å². The van der Waals surface area contributed by atoms with E-state index in [1.807, 2.05) is 12.1 Å². The molecule has 1 N–H and O–H groups in total. The number of hydrogen-bond donors (Lipinski definition) is 1. The topological polar surface area (TPSA) is 25.0 Å². The zero-order valence-electron chi connectivity index (χ0n) is 15.1. The SMILES string of the molecule is COc1ccc(-c2cccc3c2[nH]c2ccccc23)c(-c2ccccc2)c1. The maximum absolute atomic E-state index is 5.49. The zero-order chi connectivity index (χ0) is 18.2. The fourth-order valence-corrected chi connectivity index (χ4v) is 3.84. The number of aromatic amines is 1. The molecule has 2 nitrogen and oxygen atoms in total. The maximum Gasteiger partial charge on any atom is 0.119 e. The van der Waals surface area contributed by atoms with Crippen molar-refractivity contribution in [2.45, 2.75) is 0 Å². The van der Waals surface area contributed by atoms with Gasteiger partial charge >= 0.3 is 0 Å². The van der Waals surface area contributed by atoms with E-state index >= 15 is 0 Å². The zero-order valence-corrected chi connectivity index (χ0v) is 15.1. The van der Waals surface area contributed by atoms with Crippen molar-refractivity contribution >= 4 is 21.8 Å². The van der Waals surface area contributed by atoms with Gasteiger partial charge in [0.05, 0.1) is 12.6 Å². The number of para-hydroxylation sites is 2. The third-order valence-electron chi connectivity index (χ3n) is 5.14. The third kappa shape index (κ3) is 2.58. The molecular formula is C25H19NO. The van der Waals surface area contributed by atoms with E-state index < -0.39 is 0 Å². The first-order chi connectivity index (χ1) is 13.3. The van der Waals surface area contributed by atoms with Crippen LogP contribution in [0.1, 0.15) is 0 Å². The van der Waals surface area contributed by atoms with Gasteiger partial charge in [0.1, 0.15) is 5.75 Å². The van der Waals surface area contributed by atoms with E-state index in [0.717, 1.165) is 11.3 Å². The van der Waals surface area contributed by atoms with Gasteiger partial charge in [-0.2, -0.15) is 0 Å². The van der Waals surface area contributed by atoms with Gasteiger partial charge < -0.3 is 9.72 Å². The molecule has 27 heavy (non-hydrogen) atoms. The van der Waals surface area contributed by atoms with Crippen molar-refractivity contribution in [2.24, 2.45) is 0 Å². The molecule has 0 saturated carbocycles. The molecule has 130 valence electrons. The van der Waals surface area contributed by atoms with Crippen molar-refractivity contribution in [3.63, 3.8) is 0 Å². The van der Waals surface area contributed by atoms with Gasteiger partial charge in [-0.3, -0.25) is 0 Å². The molecule has 0 radical (unpaired) electrons. The van der Waals surface area contributed by atoms with Crippen LogP contribution in [0.3, 0.4) is 0 Å². The van der Waals surface area contributed by atoms with Crippen LogP contribution in [0, 0.1) is 0 Å². The number of methoxy groups -OCH3 is 1. The molecule has 0 amide bonds. The van der Waals surface area contributed by atoms with Crippen LogP contribution in [0.4, 0.5) is 0 Å².